The monoisotopic (exact) mass is 494 g/mol. The van der Waals surface area contributed by atoms with Gasteiger partial charge >= 0.3 is 0 Å². The van der Waals surface area contributed by atoms with Crippen LogP contribution in [0.15, 0.2) is 23.2 Å². The molecule has 2 rings (SSSR count). The quantitative estimate of drug-likeness (QED) is 0.375. The molecule has 0 spiro atoms. The van der Waals surface area contributed by atoms with Gasteiger partial charge in [-0.15, -0.1) is 24.0 Å². The smallest absolute Gasteiger partial charge is 0.230 e. The maximum absolute atomic E-state index is 13.4. The average molecular weight is 494 g/mol. The first-order chi connectivity index (χ1) is 12.3. The summed E-state index contributed by atoms with van der Waals surface area (Å²) in [6, 6.07) is 3.56. The van der Waals surface area contributed by atoms with Crippen LogP contribution >= 0.6 is 24.0 Å². The zero-order chi connectivity index (χ0) is 19.3. The highest BCUT2D eigenvalue weighted by molar-refractivity contribution is 14.0. The van der Waals surface area contributed by atoms with Gasteiger partial charge in [-0.3, -0.25) is 9.79 Å². The minimum atomic E-state index is -0.874. The number of carbonyl (C=O) groups is 1. The molecular formula is C19H29F2IN4O. The van der Waals surface area contributed by atoms with Crippen molar-refractivity contribution in [3.05, 3.63) is 35.4 Å². The topological polar surface area (TPSA) is 56.7 Å². The Balaban J connectivity index is 0.00000364. The summed E-state index contributed by atoms with van der Waals surface area (Å²) in [7, 11) is 5.20. The number of amides is 1. The van der Waals surface area contributed by atoms with Crippen molar-refractivity contribution in [2.45, 2.75) is 38.6 Å². The summed E-state index contributed by atoms with van der Waals surface area (Å²) >= 11 is 0. The molecule has 8 heteroatoms. The maximum atomic E-state index is 13.4. The van der Waals surface area contributed by atoms with Crippen molar-refractivity contribution in [2.75, 3.05) is 27.7 Å². The van der Waals surface area contributed by atoms with Gasteiger partial charge in [0.1, 0.15) is 0 Å². The van der Waals surface area contributed by atoms with Crippen LogP contribution in [0.3, 0.4) is 0 Å². The van der Waals surface area contributed by atoms with E-state index in [1.807, 2.05) is 6.92 Å². The molecule has 1 unspecified atom stereocenters. The summed E-state index contributed by atoms with van der Waals surface area (Å²) in [5.74, 6) is -1.08. The Kier molecular flexibility index (Phi) is 8.90. The Morgan fingerprint density at radius 1 is 1.26 bits per heavy atom. The Bertz CT molecular complexity index is 676. The number of carbonyl (C=O) groups excluding carboxylic acids is 1. The molecule has 152 valence electrons. The average Bonchev–Trinajstić information content (AvgIpc) is 3.10. The van der Waals surface area contributed by atoms with Crippen molar-refractivity contribution in [3.8, 4) is 0 Å². The lowest BCUT2D eigenvalue weighted by molar-refractivity contribution is -0.138. The number of aliphatic imine (C=N–C) groups is 1. The first-order valence-corrected chi connectivity index (χ1v) is 8.93. The van der Waals surface area contributed by atoms with Gasteiger partial charge in [0, 0.05) is 27.7 Å². The van der Waals surface area contributed by atoms with Crippen molar-refractivity contribution in [1.82, 2.24) is 15.5 Å². The van der Waals surface area contributed by atoms with Crippen LogP contribution in [-0.4, -0.2) is 44.5 Å². The van der Waals surface area contributed by atoms with E-state index in [1.54, 1.807) is 26.0 Å². The van der Waals surface area contributed by atoms with E-state index in [-0.39, 0.29) is 35.9 Å². The van der Waals surface area contributed by atoms with Crippen molar-refractivity contribution in [2.24, 2.45) is 10.4 Å². The van der Waals surface area contributed by atoms with Crippen LogP contribution < -0.4 is 10.6 Å². The molecular weight excluding hydrogens is 465 g/mol. The summed E-state index contributed by atoms with van der Waals surface area (Å²) in [6.45, 7) is 2.34. The van der Waals surface area contributed by atoms with Crippen LogP contribution in [0.1, 0.15) is 44.2 Å². The molecule has 5 nitrogen and oxygen atoms in total. The molecule has 1 saturated carbocycles. The van der Waals surface area contributed by atoms with Crippen molar-refractivity contribution in [3.63, 3.8) is 0 Å². The van der Waals surface area contributed by atoms with Crippen molar-refractivity contribution >= 4 is 35.8 Å². The predicted octanol–water partition coefficient (Wildman–Crippen LogP) is 3.46. The highest BCUT2D eigenvalue weighted by Crippen LogP contribution is 2.38. The number of halogens is 3. The molecule has 1 aromatic rings. The van der Waals surface area contributed by atoms with E-state index in [9.17, 15) is 13.6 Å². The molecule has 0 bridgehead atoms. The minimum Gasteiger partial charge on any atom is -0.355 e. The van der Waals surface area contributed by atoms with Crippen LogP contribution in [0, 0.1) is 17.0 Å². The molecule has 1 fully saturated rings. The number of hydrogen-bond acceptors (Lipinski definition) is 2. The summed E-state index contributed by atoms with van der Waals surface area (Å²) in [4.78, 5) is 18.5. The Hall–Kier alpha value is -1.45. The highest BCUT2D eigenvalue weighted by atomic mass is 127. The van der Waals surface area contributed by atoms with Gasteiger partial charge in [0.05, 0.1) is 11.5 Å². The second-order valence-corrected chi connectivity index (χ2v) is 7.15. The zero-order valence-electron chi connectivity index (χ0n) is 16.3. The van der Waals surface area contributed by atoms with Gasteiger partial charge in [0.15, 0.2) is 17.6 Å². The Morgan fingerprint density at radius 2 is 1.89 bits per heavy atom. The lowest BCUT2D eigenvalue weighted by atomic mass is 9.84. The SMILES string of the molecule is CN=C(NCC1(C(=O)N(C)C)CCCC1)NC(C)c1ccc(F)c(F)c1.I. The molecule has 2 N–H and O–H groups in total. The third kappa shape index (κ3) is 5.76. The molecule has 0 heterocycles. The largest absolute Gasteiger partial charge is 0.355 e. The van der Waals surface area contributed by atoms with Gasteiger partial charge in [-0.2, -0.15) is 0 Å². The third-order valence-corrected chi connectivity index (χ3v) is 5.04. The maximum Gasteiger partial charge on any atom is 0.230 e. The van der Waals surface area contributed by atoms with Gasteiger partial charge < -0.3 is 15.5 Å². The first kappa shape index (κ1) is 23.6. The fourth-order valence-electron chi connectivity index (χ4n) is 3.51. The minimum absolute atomic E-state index is 0. The van der Waals surface area contributed by atoms with Gasteiger partial charge in [-0.05, 0) is 37.5 Å². The molecule has 1 amide bonds. The number of nitrogens with zero attached hydrogens (tertiary/aromatic N) is 2. The number of benzene rings is 1. The number of nitrogens with one attached hydrogen (secondary N) is 2. The molecule has 27 heavy (non-hydrogen) atoms. The molecule has 0 aromatic heterocycles. The number of rotatable bonds is 5. The zero-order valence-corrected chi connectivity index (χ0v) is 18.6. The lowest BCUT2D eigenvalue weighted by Gasteiger charge is -2.31. The third-order valence-electron chi connectivity index (χ3n) is 5.04. The van der Waals surface area contributed by atoms with Gasteiger partial charge in [0.2, 0.25) is 5.91 Å². The predicted molar refractivity (Wildman–Crippen MR) is 114 cm³/mol. The normalized spacial score (nSPS) is 17.0. The molecule has 1 aliphatic carbocycles. The van der Waals surface area contributed by atoms with Crippen molar-refractivity contribution < 1.29 is 13.6 Å². The fraction of sp³-hybridized carbons (Fsp3) is 0.579. The number of hydrogen-bond donors (Lipinski definition) is 2. The van der Waals surface area contributed by atoms with Crippen LogP contribution in [0.2, 0.25) is 0 Å². The van der Waals surface area contributed by atoms with E-state index in [0.717, 1.165) is 31.7 Å². The molecule has 0 radical (unpaired) electrons. The standard InChI is InChI=1S/C19H28F2N4O.HI/c1-13(14-7-8-15(20)16(21)11-14)24-18(22-2)23-12-19(9-5-6-10-19)17(26)25(3)4;/h7-8,11,13H,5-6,9-10,12H2,1-4H3,(H2,22,23,24);1H. The molecule has 0 aliphatic heterocycles. The summed E-state index contributed by atoms with van der Waals surface area (Å²) in [6.07, 6.45) is 3.79. The second-order valence-electron chi connectivity index (χ2n) is 7.15. The van der Waals surface area contributed by atoms with Crippen LogP contribution in [-0.2, 0) is 4.79 Å². The van der Waals surface area contributed by atoms with E-state index in [1.165, 1.54) is 12.1 Å². The Labute approximate surface area is 177 Å². The molecule has 1 aliphatic rings. The highest BCUT2D eigenvalue weighted by Gasteiger charge is 2.42. The summed E-state index contributed by atoms with van der Waals surface area (Å²) < 4.78 is 26.5. The van der Waals surface area contributed by atoms with Gasteiger partial charge in [0.25, 0.3) is 0 Å². The van der Waals surface area contributed by atoms with E-state index >= 15 is 0 Å². The van der Waals surface area contributed by atoms with Gasteiger partial charge in [-0.1, -0.05) is 18.9 Å². The molecule has 1 atom stereocenters. The van der Waals surface area contributed by atoms with E-state index in [0.29, 0.717) is 18.1 Å². The molecule has 0 saturated heterocycles. The van der Waals surface area contributed by atoms with Crippen LogP contribution in [0.5, 0.6) is 0 Å². The van der Waals surface area contributed by atoms with Gasteiger partial charge in [-0.25, -0.2) is 8.78 Å². The Morgan fingerprint density at radius 3 is 2.41 bits per heavy atom. The second kappa shape index (κ2) is 10.2. The van der Waals surface area contributed by atoms with E-state index in [2.05, 4.69) is 15.6 Å². The molecule has 1 aromatic carbocycles. The first-order valence-electron chi connectivity index (χ1n) is 8.93. The fourth-order valence-corrected chi connectivity index (χ4v) is 3.51. The van der Waals surface area contributed by atoms with Crippen molar-refractivity contribution in [1.29, 1.82) is 0 Å². The summed E-state index contributed by atoms with van der Waals surface area (Å²) in [5.41, 5.74) is 0.207. The lowest BCUT2D eigenvalue weighted by Crippen LogP contribution is -2.49. The summed E-state index contributed by atoms with van der Waals surface area (Å²) in [5, 5.41) is 6.40. The van der Waals surface area contributed by atoms with E-state index in [4.69, 9.17) is 0 Å². The number of guanidine groups is 1. The van der Waals surface area contributed by atoms with E-state index < -0.39 is 17.0 Å². The van der Waals surface area contributed by atoms with Crippen LogP contribution in [0.4, 0.5) is 8.78 Å². The van der Waals surface area contributed by atoms with Crippen LogP contribution in [0.25, 0.3) is 0 Å².